The largest absolute Gasteiger partial charge is 0.465 e. The quantitative estimate of drug-likeness (QED) is 0.620. The van der Waals surface area contributed by atoms with E-state index in [0.29, 0.717) is 12.0 Å². The van der Waals surface area contributed by atoms with Crippen molar-refractivity contribution in [2.45, 2.75) is 37.8 Å². The van der Waals surface area contributed by atoms with Crippen LogP contribution in [0.1, 0.15) is 47.6 Å². The number of ether oxygens (including phenoxy) is 1. The first-order valence-electron chi connectivity index (χ1n) is 7.37. The van der Waals surface area contributed by atoms with Gasteiger partial charge in [-0.2, -0.15) is 0 Å². The maximum absolute atomic E-state index is 12.2. The fourth-order valence-corrected chi connectivity index (χ4v) is 3.30. The molecule has 3 rings (SSSR count). The molecule has 0 aromatic heterocycles. The number of esters is 1. The Morgan fingerprint density at radius 2 is 2.00 bits per heavy atom. The Hall–Kier alpha value is -2.10. The molecule has 0 saturated carbocycles. The molecular weight excluding hydrogens is 266 g/mol. The van der Waals surface area contributed by atoms with Crippen molar-refractivity contribution in [1.29, 1.82) is 0 Å². The zero-order valence-electron chi connectivity index (χ0n) is 12.1. The third-order valence-corrected chi connectivity index (χ3v) is 4.33. The lowest BCUT2D eigenvalue weighted by atomic mass is 9.88. The first-order valence-corrected chi connectivity index (χ1v) is 7.37. The van der Waals surface area contributed by atoms with Crippen LogP contribution in [0.5, 0.6) is 0 Å². The smallest absolute Gasteiger partial charge is 0.337 e. The molecule has 1 amide bonds. The molecule has 110 valence electrons. The second kappa shape index (κ2) is 5.72. The van der Waals surface area contributed by atoms with Crippen LogP contribution in [-0.4, -0.2) is 29.9 Å². The van der Waals surface area contributed by atoms with Gasteiger partial charge >= 0.3 is 5.97 Å². The molecule has 1 fully saturated rings. The monoisotopic (exact) mass is 285 g/mol. The van der Waals surface area contributed by atoms with Crippen LogP contribution in [0.15, 0.2) is 36.4 Å². The van der Waals surface area contributed by atoms with Crippen LogP contribution in [0, 0.1) is 0 Å². The van der Waals surface area contributed by atoms with Crippen molar-refractivity contribution in [1.82, 2.24) is 4.90 Å². The molecule has 0 radical (unpaired) electrons. The van der Waals surface area contributed by atoms with Crippen molar-refractivity contribution in [3.05, 3.63) is 47.5 Å². The molecule has 1 aromatic carbocycles. The van der Waals surface area contributed by atoms with Crippen molar-refractivity contribution in [3.8, 4) is 0 Å². The zero-order chi connectivity index (χ0) is 14.8. The van der Waals surface area contributed by atoms with Gasteiger partial charge in [0.25, 0.3) is 0 Å². The number of carbonyl (C=O) groups is 2. The third-order valence-electron chi connectivity index (χ3n) is 4.33. The summed E-state index contributed by atoms with van der Waals surface area (Å²) < 4.78 is 4.71. The number of rotatable bonds is 2. The van der Waals surface area contributed by atoms with E-state index in [1.165, 1.54) is 7.11 Å². The van der Waals surface area contributed by atoms with E-state index >= 15 is 0 Å². The fraction of sp³-hybridized carbons (Fsp3) is 0.412. The van der Waals surface area contributed by atoms with Crippen LogP contribution in [-0.2, 0) is 9.53 Å². The minimum absolute atomic E-state index is 0.118. The van der Waals surface area contributed by atoms with Gasteiger partial charge in [0, 0.05) is 6.42 Å². The van der Waals surface area contributed by atoms with Gasteiger partial charge in [-0.3, -0.25) is 4.79 Å². The molecule has 0 N–H and O–H groups in total. The molecule has 2 aliphatic heterocycles. The summed E-state index contributed by atoms with van der Waals surface area (Å²) in [5.74, 6) is -0.135. The van der Waals surface area contributed by atoms with Crippen molar-refractivity contribution < 1.29 is 14.3 Å². The molecule has 0 spiro atoms. The number of nitrogens with zero attached hydrogens (tertiary/aromatic N) is 1. The lowest BCUT2D eigenvalue weighted by molar-refractivity contribution is -0.137. The molecule has 21 heavy (non-hydrogen) atoms. The molecule has 1 saturated heterocycles. The van der Waals surface area contributed by atoms with E-state index in [0.717, 1.165) is 24.8 Å². The van der Waals surface area contributed by atoms with Gasteiger partial charge in [0.15, 0.2) is 0 Å². The minimum Gasteiger partial charge on any atom is -0.465 e. The highest BCUT2D eigenvalue weighted by molar-refractivity contribution is 5.89. The summed E-state index contributed by atoms with van der Waals surface area (Å²) in [5.41, 5.74) is 1.63. The van der Waals surface area contributed by atoms with Crippen LogP contribution in [0.3, 0.4) is 0 Å². The topological polar surface area (TPSA) is 46.6 Å². The van der Waals surface area contributed by atoms with Crippen molar-refractivity contribution in [2.24, 2.45) is 0 Å². The number of benzene rings is 1. The summed E-state index contributed by atoms with van der Waals surface area (Å²) in [7, 11) is 1.38. The summed E-state index contributed by atoms with van der Waals surface area (Å²) in [6.07, 6.45) is 7.75. The predicted molar refractivity (Wildman–Crippen MR) is 78.8 cm³/mol. The average Bonchev–Trinajstić information content (AvgIpc) is 2.54. The average molecular weight is 285 g/mol. The highest BCUT2D eigenvalue weighted by atomic mass is 16.5. The van der Waals surface area contributed by atoms with E-state index in [2.05, 4.69) is 6.08 Å². The van der Waals surface area contributed by atoms with Gasteiger partial charge in [-0.1, -0.05) is 24.3 Å². The maximum atomic E-state index is 12.2. The number of methoxy groups -OCH3 is 1. The molecule has 4 heteroatoms. The van der Waals surface area contributed by atoms with E-state index in [4.69, 9.17) is 4.74 Å². The normalized spacial score (nSPS) is 24.6. The Kier molecular flexibility index (Phi) is 3.78. The van der Waals surface area contributed by atoms with Crippen molar-refractivity contribution in [3.63, 3.8) is 0 Å². The number of hydrogen-bond donors (Lipinski definition) is 0. The Morgan fingerprint density at radius 3 is 2.71 bits per heavy atom. The number of piperidine rings is 1. The van der Waals surface area contributed by atoms with Gasteiger partial charge < -0.3 is 9.64 Å². The Labute approximate surface area is 124 Å². The van der Waals surface area contributed by atoms with Gasteiger partial charge in [-0.25, -0.2) is 4.79 Å². The molecule has 2 heterocycles. The summed E-state index contributed by atoms with van der Waals surface area (Å²) in [4.78, 5) is 25.7. The Bertz CT molecular complexity index is 576. The SMILES string of the molecule is COC(=O)c1ccc([C@H]2CCC[C@H]3C=CCC(=O)N32)cc1. The van der Waals surface area contributed by atoms with Crippen LogP contribution in [0.2, 0.25) is 0 Å². The molecule has 4 nitrogen and oxygen atoms in total. The summed E-state index contributed by atoms with van der Waals surface area (Å²) in [6, 6.07) is 7.76. The Morgan fingerprint density at radius 1 is 1.24 bits per heavy atom. The fourth-order valence-electron chi connectivity index (χ4n) is 3.30. The molecule has 2 aliphatic rings. The van der Waals surface area contributed by atoms with Gasteiger partial charge in [0.05, 0.1) is 24.8 Å². The Balaban J connectivity index is 1.86. The summed E-state index contributed by atoms with van der Waals surface area (Å²) in [5, 5.41) is 0. The number of carbonyl (C=O) groups excluding carboxylic acids is 2. The predicted octanol–water partition coefficient (Wildman–Crippen LogP) is 2.86. The van der Waals surface area contributed by atoms with Crippen molar-refractivity contribution in [2.75, 3.05) is 7.11 Å². The molecule has 0 unspecified atom stereocenters. The van der Waals surface area contributed by atoms with E-state index < -0.39 is 0 Å². The minimum atomic E-state index is -0.333. The van der Waals surface area contributed by atoms with E-state index in [1.807, 2.05) is 23.1 Å². The first-order chi connectivity index (χ1) is 10.2. The van der Waals surface area contributed by atoms with Crippen LogP contribution in [0.25, 0.3) is 0 Å². The van der Waals surface area contributed by atoms with Gasteiger partial charge in [-0.15, -0.1) is 0 Å². The lowest BCUT2D eigenvalue weighted by Crippen LogP contribution is -2.46. The maximum Gasteiger partial charge on any atom is 0.337 e. The van der Waals surface area contributed by atoms with E-state index in [1.54, 1.807) is 12.1 Å². The number of fused-ring (bicyclic) bond motifs is 1. The van der Waals surface area contributed by atoms with Crippen LogP contribution < -0.4 is 0 Å². The molecule has 0 bridgehead atoms. The van der Waals surface area contributed by atoms with Crippen LogP contribution in [0.4, 0.5) is 0 Å². The summed E-state index contributed by atoms with van der Waals surface area (Å²) in [6.45, 7) is 0. The number of hydrogen-bond acceptors (Lipinski definition) is 3. The molecular formula is C17H19NO3. The van der Waals surface area contributed by atoms with Crippen molar-refractivity contribution >= 4 is 11.9 Å². The van der Waals surface area contributed by atoms with E-state index in [-0.39, 0.29) is 24.0 Å². The number of amides is 1. The summed E-state index contributed by atoms with van der Waals surface area (Å²) >= 11 is 0. The highest BCUT2D eigenvalue weighted by Gasteiger charge is 2.34. The first kappa shape index (κ1) is 13.9. The van der Waals surface area contributed by atoms with E-state index in [9.17, 15) is 9.59 Å². The van der Waals surface area contributed by atoms with Crippen LogP contribution >= 0.6 is 0 Å². The molecule has 1 aromatic rings. The van der Waals surface area contributed by atoms with Gasteiger partial charge in [-0.05, 0) is 37.0 Å². The standard InChI is InChI=1S/C17H19NO3/c1-21-17(20)13-10-8-12(9-11-13)15-6-2-4-14-5-3-7-16(19)18(14)15/h3,5,8-11,14-15H,2,4,6-7H2,1H3/t14-,15+/m0/s1. The zero-order valence-corrected chi connectivity index (χ0v) is 12.1. The van der Waals surface area contributed by atoms with Gasteiger partial charge in [0.2, 0.25) is 5.91 Å². The molecule has 0 aliphatic carbocycles. The second-order valence-electron chi connectivity index (χ2n) is 5.56. The highest BCUT2D eigenvalue weighted by Crippen LogP contribution is 2.37. The molecule has 2 atom stereocenters. The van der Waals surface area contributed by atoms with Gasteiger partial charge in [0.1, 0.15) is 0 Å². The third kappa shape index (κ3) is 2.58. The lowest BCUT2D eigenvalue weighted by Gasteiger charge is -2.43. The second-order valence-corrected chi connectivity index (χ2v) is 5.56.